The molecule has 0 spiro atoms. The van der Waals surface area contributed by atoms with E-state index in [1.54, 1.807) is 24.5 Å². The Morgan fingerprint density at radius 3 is 2.52 bits per heavy atom. The van der Waals surface area contributed by atoms with Crippen LogP contribution in [0.25, 0.3) is 11.0 Å². The molecule has 0 radical (unpaired) electrons. The van der Waals surface area contributed by atoms with Crippen LogP contribution in [0.2, 0.25) is 0 Å². The fourth-order valence-electron chi connectivity index (χ4n) is 3.00. The number of piperidine rings is 1. The molecule has 0 bridgehead atoms. The Morgan fingerprint density at radius 2 is 1.76 bits per heavy atom. The lowest BCUT2D eigenvalue weighted by Crippen LogP contribution is -2.42. The monoisotopic (exact) mass is 334 g/mol. The molecule has 0 saturated carbocycles. The van der Waals surface area contributed by atoms with E-state index in [1.165, 1.54) is 0 Å². The minimum atomic E-state index is -0.0236. The van der Waals surface area contributed by atoms with Crippen LogP contribution in [0.1, 0.15) is 23.3 Å². The van der Waals surface area contributed by atoms with Gasteiger partial charge in [0.25, 0.3) is 5.91 Å². The Bertz CT molecular complexity index is 877. The van der Waals surface area contributed by atoms with Gasteiger partial charge in [-0.15, -0.1) is 0 Å². The zero-order valence-electron chi connectivity index (χ0n) is 13.7. The molecule has 2 aromatic heterocycles. The lowest BCUT2D eigenvalue weighted by Gasteiger charge is -2.31. The molecule has 6 nitrogen and oxygen atoms in total. The van der Waals surface area contributed by atoms with Crippen LogP contribution in [0.3, 0.4) is 0 Å². The number of ether oxygens (including phenoxy) is 1. The summed E-state index contributed by atoms with van der Waals surface area (Å²) in [6.45, 7) is 1.31. The fraction of sp³-hybridized carbons (Fsp3) is 0.263. The van der Waals surface area contributed by atoms with E-state index >= 15 is 0 Å². The average Bonchev–Trinajstić information content (AvgIpc) is 2.69. The summed E-state index contributed by atoms with van der Waals surface area (Å²) in [4.78, 5) is 27.2. The summed E-state index contributed by atoms with van der Waals surface area (Å²) in [5, 5.41) is 0. The molecule has 1 fully saturated rings. The van der Waals surface area contributed by atoms with Crippen LogP contribution in [0, 0.1) is 0 Å². The summed E-state index contributed by atoms with van der Waals surface area (Å²) in [5.41, 5.74) is 2.16. The second kappa shape index (κ2) is 6.84. The van der Waals surface area contributed by atoms with E-state index in [0.717, 1.165) is 23.9 Å². The first-order chi connectivity index (χ1) is 12.3. The zero-order valence-corrected chi connectivity index (χ0v) is 13.7. The lowest BCUT2D eigenvalue weighted by molar-refractivity contribution is 0.0582. The predicted molar refractivity (Wildman–Crippen MR) is 93.3 cm³/mol. The number of benzene rings is 1. The Hall–Kier alpha value is -3.02. The number of hydrogen-bond donors (Lipinski definition) is 0. The van der Waals surface area contributed by atoms with Gasteiger partial charge in [-0.1, -0.05) is 18.2 Å². The first kappa shape index (κ1) is 15.5. The maximum Gasteiger partial charge on any atom is 0.272 e. The predicted octanol–water partition coefficient (Wildman–Crippen LogP) is 2.71. The molecule has 0 N–H and O–H groups in total. The number of nitrogens with zero attached hydrogens (tertiary/aromatic N) is 4. The minimum Gasteiger partial charge on any atom is -0.473 e. The van der Waals surface area contributed by atoms with E-state index in [2.05, 4.69) is 15.0 Å². The molecule has 0 unspecified atom stereocenters. The van der Waals surface area contributed by atoms with Gasteiger partial charge in [0.05, 0.1) is 17.2 Å². The van der Waals surface area contributed by atoms with Crippen molar-refractivity contribution in [1.29, 1.82) is 0 Å². The van der Waals surface area contributed by atoms with Crippen molar-refractivity contribution in [3.8, 4) is 5.88 Å². The largest absolute Gasteiger partial charge is 0.473 e. The maximum absolute atomic E-state index is 12.4. The van der Waals surface area contributed by atoms with Crippen LogP contribution in [-0.2, 0) is 0 Å². The summed E-state index contributed by atoms with van der Waals surface area (Å²) in [6.07, 6.45) is 4.89. The number of aromatic nitrogens is 3. The fourth-order valence-corrected chi connectivity index (χ4v) is 3.00. The van der Waals surface area contributed by atoms with Crippen LogP contribution >= 0.6 is 0 Å². The summed E-state index contributed by atoms with van der Waals surface area (Å²) in [6, 6.07) is 13.1. The number of pyridine rings is 1. The highest BCUT2D eigenvalue weighted by molar-refractivity contribution is 5.92. The highest BCUT2D eigenvalue weighted by Crippen LogP contribution is 2.20. The molecule has 126 valence electrons. The summed E-state index contributed by atoms with van der Waals surface area (Å²) < 4.78 is 5.97. The molecule has 3 aromatic rings. The standard InChI is InChI=1S/C19H18N4O2/c24-19(17-7-3-4-10-20-17)23-11-8-14(9-12-23)25-18-13-21-15-5-1-2-6-16(15)22-18/h1-7,10,13-14H,8-9,11-12H2. The van der Waals surface area contributed by atoms with Crippen molar-refractivity contribution in [2.24, 2.45) is 0 Å². The zero-order chi connectivity index (χ0) is 17.1. The van der Waals surface area contributed by atoms with Gasteiger partial charge in [0.15, 0.2) is 0 Å². The van der Waals surface area contributed by atoms with E-state index < -0.39 is 0 Å². The second-order valence-electron chi connectivity index (χ2n) is 6.02. The normalized spacial score (nSPS) is 15.3. The van der Waals surface area contributed by atoms with Crippen LogP contribution in [0.5, 0.6) is 5.88 Å². The minimum absolute atomic E-state index is 0.0236. The molecule has 3 heterocycles. The number of para-hydroxylation sites is 2. The van der Waals surface area contributed by atoms with Gasteiger partial charge in [-0.25, -0.2) is 9.97 Å². The average molecular weight is 334 g/mol. The van der Waals surface area contributed by atoms with Gasteiger partial charge in [-0.05, 0) is 24.3 Å². The molecular weight excluding hydrogens is 316 g/mol. The summed E-state index contributed by atoms with van der Waals surface area (Å²) >= 11 is 0. The van der Waals surface area contributed by atoms with E-state index in [0.29, 0.717) is 24.7 Å². The molecule has 1 aliphatic heterocycles. The summed E-state index contributed by atoms with van der Waals surface area (Å²) in [7, 11) is 0. The van der Waals surface area contributed by atoms with Crippen molar-refractivity contribution in [1.82, 2.24) is 19.9 Å². The van der Waals surface area contributed by atoms with Crippen molar-refractivity contribution in [3.63, 3.8) is 0 Å². The Labute approximate surface area is 145 Å². The Morgan fingerprint density at radius 1 is 1.00 bits per heavy atom. The van der Waals surface area contributed by atoms with Gasteiger partial charge in [0, 0.05) is 32.1 Å². The van der Waals surface area contributed by atoms with Crippen molar-refractivity contribution < 1.29 is 9.53 Å². The molecule has 25 heavy (non-hydrogen) atoms. The number of fused-ring (bicyclic) bond motifs is 1. The molecule has 0 atom stereocenters. The number of amides is 1. The highest BCUT2D eigenvalue weighted by Gasteiger charge is 2.25. The topological polar surface area (TPSA) is 68.2 Å². The number of likely N-dealkylation sites (tertiary alicyclic amines) is 1. The number of hydrogen-bond acceptors (Lipinski definition) is 5. The van der Waals surface area contributed by atoms with Crippen molar-refractivity contribution in [3.05, 3.63) is 60.6 Å². The van der Waals surface area contributed by atoms with Crippen LogP contribution in [-0.4, -0.2) is 45.0 Å². The Balaban J connectivity index is 1.37. The van der Waals surface area contributed by atoms with Gasteiger partial charge in [-0.2, -0.15) is 0 Å². The smallest absolute Gasteiger partial charge is 0.272 e. The number of carbonyl (C=O) groups is 1. The molecular formula is C19H18N4O2. The van der Waals surface area contributed by atoms with E-state index in [1.807, 2.05) is 35.2 Å². The number of rotatable bonds is 3. The third-order valence-electron chi connectivity index (χ3n) is 4.33. The molecule has 4 rings (SSSR count). The van der Waals surface area contributed by atoms with Gasteiger partial charge >= 0.3 is 0 Å². The van der Waals surface area contributed by atoms with Crippen LogP contribution < -0.4 is 4.74 Å². The van der Waals surface area contributed by atoms with Crippen molar-refractivity contribution >= 4 is 16.9 Å². The van der Waals surface area contributed by atoms with E-state index in [9.17, 15) is 4.79 Å². The van der Waals surface area contributed by atoms with E-state index in [-0.39, 0.29) is 12.0 Å². The van der Waals surface area contributed by atoms with Gasteiger partial charge in [-0.3, -0.25) is 9.78 Å². The highest BCUT2D eigenvalue weighted by atomic mass is 16.5. The molecule has 1 aliphatic rings. The van der Waals surface area contributed by atoms with Gasteiger partial charge in [0.2, 0.25) is 5.88 Å². The van der Waals surface area contributed by atoms with E-state index in [4.69, 9.17) is 4.74 Å². The van der Waals surface area contributed by atoms with Crippen molar-refractivity contribution in [2.75, 3.05) is 13.1 Å². The van der Waals surface area contributed by atoms with Crippen molar-refractivity contribution in [2.45, 2.75) is 18.9 Å². The lowest BCUT2D eigenvalue weighted by atomic mass is 10.1. The molecule has 1 saturated heterocycles. The maximum atomic E-state index is 12.4. The van der Waals surface area contributed by atoms with Gasteiger partial charge < -0.3 is 9.64 Å². The SMILES string of the molecule is O=C(c1ccccn1)N1CCC(Oc2cnc3ccccc3n2)CC1. The summed E-state index contributed by atoms with van der Waals surface area (Å²) in [5.74, 6) is 0.512. The van der Waals surface area contributed by atoms with Crippen LogP contribution in [0.4, 0.5) is 0 Å². The molecule has 1 aromatic carbocycles. The second-order valence-corrected chi connectivity index (χ2v) is 6.02. The quantitative estimate of drug-likeness (QED) is 0.737. The molecule has 6 heteroatoms. The van der Waals surface area contributed by atoms with Gasteiger partial charge in [0.1, 0.15) is 11.8 Å². The number of carbonyl (C=O) groups excluding carboxylic acids is 1. The first-order valence-electron chi connectivity index (χ1n) is 8.38. The molecule has 1 amide bonds. The molecule has 0 aliphatic carbocycles. The Kier molecular flexibility index (Phi) is 4.24. The third kappa shape index (κ3) is 3.42. The first-order valence-corrected chi connectivity index (χ1v) is 8.38. The third-order valence-corrected chi connectivity index (χ3v) is 4.33. The van der Waals surface area contributed by atoms with Crippen LogP contribution in [0.15, 0.2) is 54.9 Å².